The average molecular weight is 295 g/mol. The van der Waals surface area contributed by atoms with E-state index in [2.05, 4.69) is 5.32 Å². The number of hydrogen-bond acceptors (Lipinski definition) is 4. The highest BCUT2D eigenvalue weighted by Crippen LogP contribution is 2.12. The van der Waals surface area contributed by atoms with Crippen LogP contribution in [0.3, 0.4) is 0 Å². The molecule has 0 aliphatic rings. The van der Waals surface area contributed by atoms with Gasteiger partial charge < -0.3 is 19.9 Å². The van der Waals surface area contributed by atoms with E-state index in [0.717, 1.165) is 5.56 Å². The molecule has 1 amide bonds. The van der Waals surface area contributed by atoms with Gasteiger partial charge in [-0.25, -0.2) is 0 Å². The third-order valence-corrected chi connectivity index (χ3v) is 2.65. The maximum Gasteiger partial charge on any atom is 0.303 e. The van der Waals surface area contributed by atoms with Crippen molar-refractivity contribution in [2.24, 2.45) is 0 Å². The summed E-state index contributed by atoms with van der Waals surface area (Å²) in [6.07, 6.45) is 0.578. The van der Waals surface area contributed by atoms with Gasteiger partial charge in [0.05, 0.1) is 6.61 Å². The number of amides is 1. The zero-order valence-corrected chi connectivity index (χ0v) is 12.1. The fourth-order valence-electron chi connectivity index (χ4n) is 1.56. The molecule has 0 radical (unpaired) electrons. The van der Waals surface area contributed by atoms with Crippen LogP contribution in [-0.2, 0) is 20.9 Å². The fourth-order valence-corrected chi connectivity index (χ4v) is 1.56. The summed E-state index contributed by atoms with van der Waals surface area (Å²) in [5.41, 5.74) is 0.956. The number of benzene rings is 1. The topological polar surface area (TPSA) is 84.9 Å². The molecule has 0 fully saturated rings. The molecular formula is C15H21NO5. The van der Waals surface area contributed by atoms with Gasteiger partial charge in [-0.1, -0.05) is 12.1 Å². The van der Waals surface area contributed by atoms with Crippen molar-refractivity contribution in [3.8, 4) is 5.75 Å². The molecule has 0 aromatic heterocycles. The van der Waals surface area contributed by atoms with E-state index in [9.17, 15) is 9.59 Å². The molecule has 6 heteroatoms. The molecular weight excluding hydrogens is 274 g/mol. The largest absolute Gasteiger partial charge is 0.494 e. The standard InChI is InChI=1S/C15H21NO5/c1-2-20-11-14(17)16-10-12-5-7-13(8-6-12)21-9-3-4-15(18)19/h5-8H,2-4,9-11H2,1H3,(H,16,17)(H,18,19). The van der Waals surface area contributed by atoms with Crippen LogP contribution < -0.4 is 10.1 Å². The summed E-state index contributed by atoms with van der Waals surface area (Å²) in [5.74, 6) is -0.285. The van der Waals surface area contributed by atoms with Crippen molar-refractivity contribution in [3.63, 3.8) is 0 Å². The minimum absolute atomic E-state index is 0.0707. The Hall–Kier alpha value is -2.08. The van der Waals surface area contributed by atoms with Crippen molar-refractivity contribution < 1.29 is 24.2 Å². The van der Waals surface area contributed by atoms with Gasteiger partial charge in [0.25, 0.3) is 0 Å². The van der Waals surface area contributed by atoms with Crippen LogP contribution in [0.25, 0.3) is 0 Å². The molecule has 0 unspecified atom stereocenters. The number of rotatable bonds is 10. The van der Waals surface area contributed by atoms with Crippen LogP contribution in [0.15, 0.2) is 24.3 Å². The van der Waals surface area contributed by atoms with Crippen molar-refractivity contribution in [2.45, 2.75) is 26.3 Å². The Morgan fingerprint density at radius 3 is 2.57 bits per heavy atom. The Morgan fingerprint density at radius 1 is 1.24 bits per heavy atom. The lowest BCUT2D eigenvalue weighted by Crippen LogP contribution is -2.27. The van der Waals surface area contributed by atoms with Crippen LogP contribution in [0, 0.1) is 0 Å². The highest BCUT2D eigenvalue weighted by molar-refractivity contribution is 5.77. The molecule has 0 aliphatic heterocycles. The molecule has 0 saturated carbocycles. The summed E-state index contributed by atoms with van der Waals surface area (Å²) in [4.78, 5) is 21.7. The molecule has 21 heavy (non-hydrogen) atoms. The third kappa shape index (κ3) is 7.94. The Bertz CT molecular complexity index is 444. The number of carboxylic acids is 1. The fraction of sp³-hybridized carbons (Fsp3) is 0.467. The highest BCUT2D eigenvalue weighted by atomic mass is 16.5. The quantitative estimate of drug-likeness (QED) is 0.640. The number of carbonyl (C=O) groups is 2. The van der Waals surface area contributed by atoms with Crippen molar-refractivity contribution >= 4 is 11.9 Å². The second kappa shape index (κ2) is 9.77. The molecule has 0 spiro atoms. The van der Waals surface area contributed by atoms with Gasteiger partial charge in [0, 0.05) is 19.6 Å². The number of nitrogens with one attached hydrogen (secondary N) is 1. The summed E-state index contributed by atoms with van der Waals surface area (Å²) in [5, 5.41) is 11.3. The number of hydrogen-bond donors (Lipinski definition) is 2. The summed E-state index contributed by atoms with van der Waals surface area (Å²) in [7, 11) is 0. The van der Waals surface area contributed by atoms with Crippen molar-refractivity contribution in [2.75, 3.05) is 19.8 Å². The van der Waals surface area contributed by atoms with Crippen LogP contribution in [0.2, 0.25) is 0 Å². The molecule has 0 atom stereocenters. The third-order valence-electron chi connectivity index (χ3n) is 2.65. The van der Waals surface area contributed by atoms with E-state index in [1.807, 2.05) is 19.1 Å². The SMILES string of the molecule is CCOCC(=O)NCc1ccc(OCCCC(=O)O)cc1. The first-order chi connectivity index (χ1) is 10.1. The molecule has 1 aromatic rings. The van der Waals surface area contributed by atoms with Gasteiger partial charge in [-0.2, -0.15) is 0 Å². The summed E-state index contributed by atoms with van der Waals surface area (Å²) in [6.45, 7) is 3.23. The first-order valence-corrected chi connectivity index (χ1v) is 6.89. The minimum atomic E-state index is -0.822. The summed E-state index contributed by atoms with van der Waals surface area (Å²) in [6, 6.07) is 7.30. The molecule has 6 nitrogen and oxygen atoms in total. The predicted molar refractivity (Wildman–Crippen MR) is 77.1 cm³/mol. The van der Waals surface area contributed by atoms with Gasteiger partial charge in [-0.3, -0.25) is 9.59 Å². The number of aliphatic carboxylic acids is 1. The molecule has 0 aliphatic carbocycles. The lowest BCUT2D eigenvalue weighted by atomic mass is 10.2. The van der Waals surface area contributed by atoms with Gasteiger partial charge in [-0.05, 0) is 31.0 Å². The molecule has 2 N–H and O–H groups in total. The van der Waals surface area contributed by atoms with E-state index in [0.29, 0.717) is 31.9 Å². The molecule has 0 bridgehead atoms. The van der Waals surface area contributed by atoms with Crippen molar-refractivity contribution in [1.82, 2.24) is 5.32 Å². The second-order valence-electron chi connectivity index (χ2n) is 4.40. The van der Waals surface area contributed by atoms with E-state index < -0.39 is 5.97 Å². The van der Waals surface area contributed by atoms with Gasteiger partial charge in [0.2, 0.25) is 5.91 Å². The average Bonchev–Trinajstić information content (AvgIpc) is 2.48. The van der Waals surface area contributed by atoms with E-state index >= 15 is 0 Å². The molecule has 0 heterocycles. The van der Waals surface area contributed by atoms with Crippen molar-refractivity contribution in [3.05, 3.63) is 29.8 Å². The van der Waals surface area contributed by atoms with Gasteiger partial charge in [0.1, 0.15) is 12.4 Å². The Morgan fingerprint density at radius 2 is 1.95 bits per heavy atom. The van der Waals surface area contributed by atoms with Gasteiger partial charge in [0.15, 0.2) is 0 Å². The van der Waals surface area contributed by atoms with E-state index in [4.69, 9.17) is 14.6 Å². The maximum absolute atomic E-state index is 11.4. The van der Waals surface area contributed by atoms with Crippen molar-refractivity contribution in [1.29, 1.82) is 0 Å². The number of carboxylic acid groups (broad SMARTS) is 1. The minimum Gasteiger partial charge on any atom is -0.494 e. The Labute approximate surface area is 124 Å². The predicted octanol–water partition coefficient (Wildman–Crippen LogP) is 1.58. The zero-order valence-electron chi connectivity index (χ0n) is 12.1. The molecule has 0 saturated heterocycles. The molecule has 1 rings (SSSR count). The van der Waals surface area contributed by atoms with E-state index in [-0.39, 0.29) is 18.9 Å². The number of carbonyl (C=O) groups excluding carboxylic acids is 1. The first-order valence-electron chi connectivity index (χ1n) is 6.89. The van der Waals surface area contributed by atoms with Crippen LogP contribution in [0.4, 0.5) is 0 Å². The monoisotopic (exact) mass is 295 g/mol. The van der Waals surface area contributed by atoms with Gasteiger partial charge in [-0.15, -0.1) is 0 Å². The summed E-state index contributed by atoms with van der Waals surface area (Å²) >= 11 is 0. The summed E-state index contributed by atoms with van der Waals surface area (Å²) < 4.78 is 10.4. The molecule has 116 valence electrons. The van der Waals surface area contributed by atoms with Crippen LogP contribution in [0.5, 0.6) is 5.75 Å². The van der Waals surface area contributed by atoms with Gasteiger partial charge >= 0.3 is 5.97 Å². The lowest BCUT2D eigenvalue weighted by molar-refractivity contribution is -0.137. The lowest BCUT2D eigenvalue weighted by Gasteiger charge is -2.08. The normalized spacial score (nSPS) is 10.1. The molecule has 1 aromatic carbocycles. The number of ether oxygens (including phenoxy) is 2. The zero-order chi connectivity index (χ0) is 15.5. The maximum atomic E-state index is 11.4. The van der Waals surface area contributed by atoms with Crippen LogP contribution in [-0.4, -0.2) is 36.8 Å². The second-order valence-corrected chi connectivity index (χ2v) is 4.40. The Kier molecular flexibility index (Phi) is 7.89. The van der Waals surface area contributed by atoms with E-state index in [1.54, 1.807) is 12.1 Å². The van der Waals surface area contributed by atoms with Crippen LogP contribution in [0.1, 0.15) is 25.3 Å². The first kappa shape index (κ1) is 17.0. The highest BCUT2D eigenvalue weighted by Gasteiger charge is 2.02. The van der Waals surface area contributed by atoms with E-state index in [1.165, 1.54) is 0 Å². The smallest absolute Gasteiger partial charge is 0.303 e. The Balaban J connectivity index is 2.26. The van der Waals surface area contributed by atoms with Crippen LogP contribution >= 0.6 is 0 Å².